The molecule has 1 fully saturated rings. The number of rotatable bonds is 3. The third kappa shape index (κ3) is 3.67. The fourth-order valence-corrected chi connectivity index (χ4v) is 2.69. The molecule has 0 aliphatic carbocycles. The minimum absolute atomic E-state index is 0.0286. The lowest BCUT2D eigenvalue weighted by Crippen LogP contribution is -2.40. The molecular formula is C15H19ClN2O3. The fraction of sp³-hybridized carbons (Fsp3) is 0.467. The molecule has 0 aromatic heterocycles. The van der Waals surface area contributed by atoms with Gasteiger partial charge >= 0.3 is 12.0 Å². The highest BCUT2D eigenvalue weighted by molar-refractivity contribution is 6.30. The number of carbonyl (C=O) groups excluding carboxylic acids is 1. The standard InChI is InChI=1S/C15H19ClN2O3/c1-9-7-18(8-13(9)14(19)20)15(21)17-10(2)11-3-5-12(16)6-4-11/h3-6,9-10,13H,7-8H2,1-2H3,(H,17,21)(H,19,20). The largest absolute Gasteiger partial charge is 0.481 e. The van der Waals surface area contributed by atoms with E-state index < -0.39 is 11.9 Å². The van der Waals surface area contributed by atoms with Crippen molar-refractivity contribution in [3.63, 3.8) is 0 Å². The Labute approximate surface area is 128 Å². The third-order valence-electron chi connectivity index (χ3n) is 3.93. The van der Waals surface area contributed by atoms with Gasteiger partial charge in [0.2, 0.25) is 0 Å². The predicted molar refractivity (Wildman–Crippen MR) is 80.3 cm³/mol. The molecule has 1 saturated heterocycles. The summed E-state index contributed by atoms with van der Waals surface area (Å²) in [6, 6.07) is 6.89. The number of nitrogens with one attached hydrogen (secondary N) is 1. The van der Waals surface area contributed by atoms with Crippen LogP contribution in [0.15, 0.2) is 24.3 Å². The van der Waals surface area contributed by atoms with Gasteiger partial charge in [0.25, 0.3) is 0 Å². The Bertz CT molecular complexity index is 532. The lowest BCUT2D eigenvalue weighted by Gasteiger charge is -2.21. The number of nitrogens with zero attached hydrogens (tertiary/aromatic N) is 1. The zero-order valence-corrected chi connectivity index (χ0v) is 12.8. The SMILES string of the molecule is CC(NC(=O)N1CC(C)C(C(=O)O)C1)c1ccc(Cl)cc1. The summed E-state index contributed by atoms with van der Waals surface area (Å²) >= 11 is 5.84. The molecule has 6 heteroatoms. The molecule has 3 atom stereocenters. The Morgan fingerprint density at radius 3 is 2.48 bits per heavy atom. The summed E-state index contributed by atoms with van der Waals surface area (Å²) in [7, 11) is 0. The molecule has 0 radical (unpaired) electrons. The number of carboxylic acids is 1. The molecule has 0 bridgehead atoms. The Balaban J connectivity index is 1.95. The van der Waals surface area contributed by atoms with Crippen molar-refractivity contribution in [1.82, 2.24) is 10.2 Å². The summed E-state index contributed by atoms with van der Waals surface area (Å²) < 4.78 is 0. The topological polar surface area (TPSA) is 69.6 Å². The number of hydrogen-bond acceptors (Lipinski definition) is 2. The van der Waals surface area contributed by atoms with E-state index in [1.54, 1.807) is 17.0 Å². The van der Waals surface area contributed by atoms with E-state index in [-0.39, 0.29) is 24.5 Å². The van der Waals surface area contributed by atoms with E-state index in [2.05, 4.69) is 5.32 Å². The fourth-order valence-electron chi connectivity index (χ4n) is 2.57. The first-order valence-corrected chi connectivity index (χ1v) is 7.30. The third-order valence-corrected chi connectivity index (χ3v) is 4.18. The normalized spacial score (nSPS) is 22.9. The van der Waals surface area contributed by atoms with Gasteiger partial charge in [-0.15, -0.1) is 0 Å². The molecule has 0 saturated carbocycles. The van der Waals surface area contributed by atoms with Gasteiger partial charge in [-0.1, -0.05) is 30.7 Å². The molecule has 1 aromatic rings. The van der Waals surface area contributed by atoms with Gasteiger partial charge in [-0.3, -0.25) is 4.79 Å². The Kier molecular flexibility index (Phi) is 4.73. The van der Waals surface area contributed by atoms with Crippen molar-refractivity contribution in [3.8, 4) is 0 Å². The molecule has 3 unspecified atom stereocenters. The number of carbonyl (C=O) groups is 2. The van der Waals surface area contributed by atoms with Crippen molar-refractivity contribution in [1.29, 1.82) is 0 Å². The van der Waals surface area contributed by atoms with Gasteiger partial charge in [-0.25, -0.2) is 4.79 Å². The molecule has 1 aliphatic rings. The Morgan fingerprint density at radius 1 is 1.33 bits per heavy atom. The lowest BCUT2D eigenvalue weighted by molar-refractivity contribution is -0.142. The van der Waals surface area contributed by atoms with Crippen LogP contribution in [0.2, 0.25) is 5.02 Å². The first kappa shape index (κ1) is 15.6. The first-order chi connectivity index (χ1) is 9.88. The molecule has 5 nitrogen and oxygen atoms in total. The van der Waals surface area contributed by atoms with Crippen molar-refractivity contribution in [2.24, 2.45) is 11.8 Å². The molecule has 1 heterocycles. The second kappa shape index (κ2) is 6.35. The van der Waals surface area contributed by atoms with Crippen molar-refractivity contribution < 1.29 is 14.7 Å². The second-order valence-electron chi connectivity index (χ2n) is 5.55. The van der Waals surface area contributed by atoms with Gasteiger partial charge in [0.1, 0.15) is 0 Å². The maximum absolute atomic E-state index is 12.2. The van der Waals surface area contributed by atoms with Gasteiger partial charge in [-0.05, 0) is 30.5 Å². The molecule has 2 N–H and O–H groups in total. The lowest BCUT2D eigenvalue weighted by atomic mass is 9.99. The number of urea groups is 1. The minimum Gasteiger partial charge on any atom is -0.481 e. The first-order valence-electron chi connectivity index (χ1n) is 6.92. The van der Waals surface area contributed by atoms with Crippen LogP contribution in [0.1, 0.15) is 25.5 Å². The minimum atomic E-state index is -0.844. The van der Waals surface area contributed by atoms with Crippen LogP contribution in [0, 0.1) is 11.8 Å². The maximum atomic E-state index is 12.2. The van der Waals surface area contributed by atoms with Gasteiger partial charge in [0.05, 0.1) is 12.0 Å². The van der Waals surface area contributed by atoms with Crippen LogP contribution >= 0.6 is 11.6 Å². The molecule has 21 heavy (non-hydrogen) atoms. The Hall–Kier alpha value is -1.75. The molecule has 2 rings (SSSR count). The zero-order chi connectivity index (χ0) is 15.6. The summed E-state index contributed by atoms with van der Waals surface area (Å²) in [5.74, 6) is -1.36. The van der Waals surface area contributed by atoms with Crippen LogP contribution in [0.4, 0.5) is 4.79 Å². The summed E-state index contributed by atoms with van der Waals surface area (Å²) in [6.45, 7) is 4.47. The number of carboxylic acid groups (broad SMARTS) is 1. The highest BCUT2D eigenvalue weighted by Crippen LogP contribution is 2.24. The molecule has 114 valence electrons. The second-order valence-corrected chi connectivity index (χ2v) is 5.99. The number of likely N-dealkylation sites (tertiary alicyclic amines) is 1. The van der Waals surface area contributed by atoms with E-state index in [1.165, 1.54) is 0 Å². The summed E-state index contributed by atoms with van der Waals surface area (Å²) in [6.07, 6.45) is 0. The van der Waals surface area contributed by atoms with Crippen LogP contribution in [0.25, 0.3) is 0 Å². The van der Waals surface area contributed by atoms with Crippen LogP contribution < -0.4 is 5.32 Å². The predicted octanol–water partition coefficient (Wildman–Crippen LogP) is 2.76. The van der Waals surface area contributed by atoms with Crippen molar-refractivity contribution in [2.75, 3.05) is 13.1 Å². The zero-order valence-electron chi connectivity index (χ0n) is 12.0. The molecule has 1 aliphatic heterocycles. The van der Waals surface area contributed by atoms with E-state index in [9.17, 15) is 9.59 Å². The van der Waals surface area contributed by atoms with Crippen molar-refractivity contribution >= 4 is 23.6 Å². The van der Waals surface area contributed by atoms with Crippen LogP contribution in [0.5, 0.6) is 0 Å². The molecular weight excluding hydrogens is 292 g/mol. The Morgan fingerprint density at radius 2 is 1.95 bits per heavy atom. The van der Waals surface area contributed by atoms with E-state index in [0.29, 0.717) is 11.6 Å². The van der Waals surface area contributed by atoms with E-state index >= 15 is 0 Å². The summed E-state index contributed by atoms with van der Waals surface area (Å²) in [5, 5.41) is 12.6. The smallest absolute Gasteiger partial charge is 0.317 e. The number of benzene rings is 1. The summed E-state index contributed by atoms with van der Waals surface area (Å²) in [4.78, 5) is 24.9. The highest BCUT2D eigenvalue weighted by atomic mass is 35.5. The monoisotopic (exact) mass is 310 g/mol. The molecule has 1 aromatic carbocycles. The van der Waals surface area contributed by atoms with Crippen LogP contribution in [-0.4, -0.2) is 35.1 Å². The summed E-state index contributed by atoms with van der Waals surface area (Å²) in [5.41, 5.74) is 0.953. The van der Waals surface area contributed by atoms with Crippen LogP contribution in [0.3, 0.4) is 0 Å². The van der Waals surface area contributed by atoms with E-state index in [1.807, 2.05) is 26.0 Å². The average molecular weight is 311 g/mol. The quantitative estimate of drug-likeness (QED) is 0.902. The van der Waals surface area contributed by atoms with Gasteiger partial charge in [-0.2, -0.15) is 0 Å². The van der Waals surface area contributed by atoms with Gasteiger partial charge < -0.3 is 15.3 Å². The number of hydrogen-bond donors (Lipinski definition) is 2. The van der Waals surface area contributed by atoms with Crippen molar-refractivity contribution in [2.45, 2.75) is 19.9 Å². The molecule has 2 amide bonds. The maximum Gasteiger partial charge on any atom is 0.317 e. The van der Waals surface area contributed by atoms with Gasteiger partial charge in [0.15, 0.2) is 0 Å². The number of halogens is 1. The van der Waals surface area contributed by atoms with Crippen molar-refractivity contribution in [3.05, 3.63) is 34.9 Å². The van der Waals surface area contributed by atoms with E-state index in [0.717, 1.165) is 5.56 Å². The highest BCUT2D eigenvalue weighted by Gasteiger charge is 2.37. The number of aliphatic carboxylic acids is 1. The van der Waals surface area contributed by atoms with Gasteiger partial charge in [0, 0.05) is 18.1 Å². The molecule has 0 spiro atoms. The average Bonchev–Trinajstić information content (AvgIpc) is 2.81. The van der Waals surface area contributed by atoms with E-state index in [4.69, 9.17) is 16.7 Å². The number of amides is 2. The van der Waals surface area contributed by atoms with Crippen LogP contribution in [-0.2, 0) is 4.79 Å².